The summed E-state index contributed by atoms with van der Waals surface area (Å²) in [7, 11) is 0. The van der Waals surface area contributed by atoms with Gasteiger partial charge in [-0.25, -0.2) is 0 Å². The van der Waals surface area contributed by atoms with E-state index in [1.807, 2.05) is 12.1 Å². The number of hydrogen-bond donors (Lipinski definition) is 3. The Bertz CT molecular complexity index is 4900. The minimum Gasteiger partial charge on any atom is -0.512 e. The maximum atomic E-state index is 10.0. The Morgan fingerprint density at radius 2 is 0.625 bits per heavy atom. The van der Waals surface area contributed by atoms with Gasteiger partial charge < -0.3 is 28.6 Å². The van der Waals surface area contributed by atoms with E-state index in [2.05, 4.69) is 250 Å². The van der Waals surface area contributed by atoms with E-state index in [4.69, 9.17) is 43.5 Å². The molecule has 104 heavy (non-hydrogen) atoms. The zero-order valence-electron chi connectivity index (χ0n) is 63.6. The Labute approximate surface area is 654 Å². The normalized spacial score (nSPS) is 11.2. The van der Waals surface area contributed by atoms with Crippen LogP contribution in [0, 0.1) is 108 Å². The van der Waals surface area contributed by atoms with Crippen LogP contribution < -0.4 is 0 Å². The molecule has 6 aromatic heterocycles. The second-order valence-corrected chi connectivity index (χ2v) is 27.4. The average molecular weight is 1930 g/mol. The van der Waals surface area contributed by atoms with Crippen molar-refractivity contribution in [1.29, 1.82) is 0 Å². The van der Waals surface area contributed by atoms with E-state index >= 15 is 0 Å². The second kappa shape index (κ2) is 38.6. The first-order valence-electron chi connectivity index (χ1n) is 33.6. The molecular weight excluding hydrogens is 1830 g/mol. The molecule has 0 amide bonds. The fourth-order valence-electron chi connectivity index (χ4n) is 12.0. The first kappa shape index (κ1) is 87.4. The molecule has 0 fully saturated rings. The van der Waals surface area contributed by atoms with Gasteiger partial charge in [0.25, 0.3) is 0 Å². The van der Waals surface area contributed by atoms with Crippen LogP contribution in [0.1, 0.15) is 140 Å². The molecule has 3 radical (unpaired) electrons. The number of aliphatic hydroxyl groups is 3. The summed E-state index contributed by atoms with van der Waals surface area (Å²) in [5.41, 5.74) is 28.2. The zero-order valence-corrected chi connectivity index (χ0v) is 70.8. The summed E-state index contributed by atoms with van der Waals surface area (Å²) in [6, 6.07) is 56.9. The van der Waals surface area contributed by atoms with Crippen molar-refractivity contribution < 1.29 is 103 Å². The van der Waals surface area contributed by atoms with Crippen molar-refractivity contribution in [3.05, 3.63) is 265 Å². The number of nitrogens with zero attached hydrogens (tertiary/aromatic N) is 3. The first-order valence-corrected chi connectivity index (χ1v) is 33.6. The predicted molar refractivity (Wildman–Crippen MR) is 413 cm³/mol. The molecule has 12 nitrogen and oxygen atoms in total. The van der Waals surface area contributed by atoms with E-state index in [0.717, 1.165) is 101 Å². The number of ketones is 3. The van der Waals surface area contributed by atoms with Gasteiger partial charge in [-0.3, -0.25) is 29.3 Å². The Morgan fingerprint density at radius 1 is 0.356 bits per heavy atom. The van der Waals surface area contributed by atoms with Crippen LogP contribution in [-0.2, 0) is 80.1 Å². The maximum Gasteiger partial charge on any atom is 0.217 e. The van der Waals surface area contributed by atoms with Gasteiger partial charge in [0.05, 0.1) is 17.3 Å². The molecule has 6 aromatic carbocycles. The van der Waals surface area contributed by atoms with E-state index in [-0.39, 0.29) is 100 Å². The van der Waals surface area contributed by atoms with Crippen LogP contribution in [0.3, 0.4) is 0 Å². The monoisotopic (exact) mass is 1930 g/mol. The number of hydrogen-bond acceptors (Lipinski definition) is 12. The van der Waals surface area contributed by atoms with Crippen molar-refractivity contribution in [3.8, 4) is 67.7 Å². The minimum absolute atomic E-state index is 0. The van der Waals surface area contributed by atoms with Crippen molar-refractivity contribution in [1.82, 2.24) is 15.0 Å². The molecule has 12 rings (SSSR count). The van der Waals surface area contributed by atoms with Gasteiger partial charge in [0.1, 0.15) is 17.3 Å². The third kappa shape index (κ3) is 25.4. The maximum absolute atomic E-state index is 10.0. The summed E-state index contributed by atoms with van der Waals surface area (Å²) in [6.45, 7) is 42.7. The fraction of sp³-hybridized carbons (Fsp3) is 0.258. The van der Waals surface area contributed by atoms with Gasteiger partial charge in [-0.05, 0) is 171 Å². The van der Waals surface area contributed by atoms with Crippen molar-refractivity contribution >= 4 is 50.6 Å². The number of aliphatic hydroxyl groups excluding tert-OH is 3. The number of allylic oxidation sites excluding steroid dienone is 6. The molecule has 12 aromatic rings. The molecular formula is C89H94Ir3N3O9-3. The van der Waals surface area contributed by atoms with Crippen LogP contribution in [0.15, 0.2) is 182 Å². The van der Waals surface area contributed by atoms with Crippen LogP contribution in [0.5, 0.6) is 0 Å². The Hall–Kier alpha value is -9.03. The van der Waals surface area contributed by atoms with Crippen LogP contribution in [0.4, 0.5) is 0 Å². The number of pyridine rings is 3. The van der Waals surface area contributed by atoms with E-state index in [1.54, 1.807) is 0 Å². The molecule has 6 heterocycles. The van der Waals surface area contributed by atoms with Gasteiger partial charge in [0.2, 0.25) is 17.1 Å². The average Bonchev–Trinajstić information content (AvgIpc) is 1.74. The van der Waals surface area contributed by atoms with Crippen LogP contribution in [0.2, 0.25) is 0 Å². The summed E-state index contributed by atoms with van der Waals surface area (Å²) >= 11 is 0. The molecule has 0 unspecified atom stereocenters. The van der Waals surface area contributed by atoms with E-state index < -0.39 is 0 Å². The first-order chi connectivity index (χ1) is 47.4. The number of carbonyl (C=O) groups is 3. The second-order valence-electron chi connectivity index (χ2n) is 27.4. The molecule has 0 atom stereocenters. The number of aryl methyl sites for hydroxylation is 13. The van der Waals surface area contributed by atoms with Gasteiger partial charge in [-0.15, -0.1) is 105 Å². The number of rotatable bonds is 9. The standard InChI is InChI=1S/C27H28NO.C24H22NO.C23H20NO.3C5H8O2.3Ir/c1-16-10-17(2)12-21(11-16)23-9-8-20-15-24(29-26(20)28-23)25-18(3)13-22(14-19(25)4)27(5,6)7;1-14-8-15(2)12-20(11-14)21-7-6-19-13-22(26-24(19)25-21)23-17(4)9-16(3)10-18(23)5;1-14-7-15(2)10-19(9-14)21-6-5-18-13-22(25-23(18)24-21)20-11-16(3)8-17(4)12-20;3*1-4(6)3-5(2)7;;;/h8-11,13-15H,1-7H3;6-11,13H,1-5H3;5-9,11-13H,1-4H3;3*3,6H,1-2H3;;;/q3*-1;;;;;;. The molecule has 3 N–H and O–H groups in total. The SMILES string of the molecule is CC(=O)C=C(C)O.CC(=O)C=C(C)O.CC(=O)C=C(C)O.Cc1[c-]c(-c2ccc3cc(-c4c(C)cc(C(C)(C)C)cc4C)oc3n2)cc(C)c1.Cc1[c-]c(-c2ccc3cc(-c4c(C)cc(C)cc4C)oc3n2)cc(C)c1.Cc1[c-]c(-c2ccc3cc(-c4cc(C)cc(C)c4)oc3n2)cc(C)c1.[Ir].[Ir].[Ir]. The predicted octanol–water partition coefficient (Wildman–Crippen LogP) is 23.3. The molecule has 0 spiro atoms. The van der Waals surface area contributed by atoms with Crippen molar-refractivity contribution in [3.63, 3.8) is 0 Å². The van der Waals surface area contributed by atoms with Crippen molar-refractivity contribution in [2.75, 3.05) is 0 Å². The molecule has 0 saturated heterocycles. The largest absolute Gasteiger partial charge is 0.512 e. The fourth-order valence-corrected chi connectivity index (χ4v) is 12.0. The number of benzene rings is 6. The van der Waals surface area contributed by atoms with E-state index in [1.165, 1.54) is 121 Å². The summed E-state index contributed by atoms with van der Waals surface area (Å²) in [4.78, 5) is 44.3. The minimum atomic E-state index is -0.125. The van der Waals surface area contributed by atoms with Gasteiger partial charge in [-0.1, -0.05) is 146 Å². The Balaban J connectivity index is 0.000000286. The number of aromatic nitrogens is 3. The molecule has 549 valence electrons. The van der Waals surface area contributed by atoms with Crippen molar-refractivity contribution in [2.24, 2.45) is 0 Å². The van der Waals surface area contributed by atoms with Crippen molar-refractivity contribution in [2.45, 2.75) is 158 Å². The molecule has 0 saturated carbocycles. The summed E-state index contributed by atoms with van der Waals surface area (Å²) < 4.78 is 18.5. The molecule has 0 aliphatic heterocycles. The van der Waals surface area contributed by atoms with Crippen LogP contribution in [-0.4, -0.2) is 47.6 Å². The van der Waals surface area contributed by atoms with Gasteiger partial charge >= 0.3 is 0 Å². The summed E-state index contributed by atoms with van der Waals surface area (Å²) in [5.74, 6) is 2.43. The molecule has 0 aliphatic rings. The third-order valence-electron chi connectivity index (χ3n) is 15.7. The third-order valence-corrected chi connectivity index (χ3v) is 15.7. The smallest absolute Gasteiger partial charge is 0.217 e. The molecule has 0 aliphatic carbocycles. The van der Waals surface area contributed by atoms with E-state index in [9.17, 15) is 14.4 Å². The van der Waals surface area contributed by atoms with Crippen LogP contribution in [0.25, 0.3) is 101 Å². The summed E-state index contributed by atoms with van der Waals surface area (Å²) in [6.07, 6.45) is 3.50. The number of fused-ring (bicyclic) bond motifs is 3. The number of carbonyl (C=O) groups excluding carboxylic acids is 3. The van der Waals surface area contributed by atoms with Gasteiger partial charge in [-0.2, -0.15) is 0 Å². The zero-order chi connectivity index (χ0) is 74.5. The molecule has 15 heteroatoms. The van der Waals surface area contributed by atoms with E-state index in [0.29, 0.717) is 17.1 Å². The number of furan rings is 3. The van der Waals surface area contributed by atoms with Crippen LogP contribution >= 0.6 is 0 Å². The quantitative estimate of drug-likeness (QED) is 0.0705. The molecule has 0 bridgehead atoms. The topological polar surface area (TPSA) is 190 Å². The van der Waals surface area contributed by atoms with Gasteiger partial charge in [0, 0.05) is 111 Å². The summed E-state index contributed by atoms with van der Waals surface area (Å²) in [5, 5.41) is 28.1. The Morgan fingerprint density at radius 3 is 0.894 bits per heavy atom. The van der Waals surface area contributed by atoms with Gasteiger partial charge in [0.15, 0.2) is 17.3 Å². The Kier molecular flexibility index (Phi) is 32.5.